The SMILES string of the molecule is CNC(=O)c1cccc(COc2ccc(C(C)(C)O)cc2)c1. The van der Waals surface area contributed by atoms with Gasteiger partial charge in [0.15, 0.2) is 0 Å². The Hall–Kier alpha value is -2.33. The molecule has 0 fully saturated rings. The molecule has 0 aromatic heterocycles. The first-order chi connectivity index (χ1) is 10.4. The Balaban J connectivity index is 2.03. The molecule has 0 saturated heterocycles. The van der Waals surface area contributed by atoms with Gasteiger partial charge in [0, 0.05) is 12.6 Å². The van der Waals surface area contributed by atoms with E-state index in [-0.39, 0.29) is 5.91 Å². The molecule has 2 rings (SSSR count). The topological polar surface area (TPSA) is 58.6 Å². The second kappa shape index (κ2) is 6.62. The zero-order valence-corrected chi connectivity index (χ0v) is 13.1. The third-order valence-corrected chi connectivity index (χ3v) is 3.38. The fourth-order valence-corrected chi connectivity index (χ4v) is 2.07. The van der Waals surface area contributed by atoms with Gasteiger partial charge in [-0.05, 0) is 49.2 Å². The molecule has 0 atom stereocenters. The molecule has 2 aromatic rings. The Bertz CT molecular complexity index is 642. The predicted molar refractivity (Wildman–Crippen MR) is 85.9 cm³/mol. The molecule has 0 aliphatic carbocycles. The normalized spacial score (nSPS) is 11.1. The van der Waals surface area contributed by atoms with E-state index >= 15 is 0 Å². The van der Waals surface area contributed by atoms with Crippen LogP contribution in [0.2, 0.25) is 0 Å². The Morgan fingerprint density at radius 1 is 1.18 bits per heavy atom. The van der Waals surface area contributed by atoms with Crippen molar-refractivity contribution in [3.05, 3.63) is 65.2 Å². The smallest absolute Gasteiger partial charge is 0.251 e. The summed E-state index contributed by atoms with van der Waals surface area (Å²) in [5.41, 5.74) is 1.51. The standard InChI is InChI=1S/C18H21NO3/c1-18(2,21)15-7-9-16(10-8-15)22-12-13-5-4-6-14(11-13)17(20)19-3/h4-11,21H,12H2,1-3H3,(H,19,20). The van der Waals surface area contributed by atoms with Crippen LogP contribution in [-0.2, 0) is 12.2 Å². The van der Waals surface area contributed by atoms with Crippen LogP contribution in [0.15, 0.2) is 48.5 Å². The van der Waals surface area contributed by atoms with E-state index in [9.17, 15) is 9.90 Å². The minimum atomic E-state index is -0.861. The van der Waals surface area contributed by atoms with Gasteiger partial charge in [0.2, 0.25) is 0 Å². The van der Waals surface area contributed by atoms with Crippen molar-refractivity contribution in [2.75, 3.05) is 7.05 Å². The zero-order valence-electron chi connectivity index (χ0n) is 13.1. The van der Waals surface area contributed by atoms with Crippen LogP contribution in [0.25, 0.3) is 0 Å². The van der Waals surface area contributed by atoms with E-state index in [0.717, 1.165) is 16.9 Å². The number of ether oxygens (including phenoxy) is 1. The largest absolute Gasteiger partial charge is 0.489 e. The molecule has 22 heavy (non-hydrogen) atoms. The number of benzene rings is 2. The van der Waals surface area contributed by atoms with Gasteiger partial charge < -0.3 is 15.2 Å². The highest BCUT2D eigenvalue weighted by atomic mass is 16.5. The van der Waals surface area contributed by atoms with Crippen molar-refractivity contribution in [2.24, 2.45) is 0 Å². The first kappa shape index (κ1) is 16.0. The van der Waals surface area contributed by atoms with Crippen molar-refractivity contribution in [3.63, 3.8) is 0 Å². The van der Waals surface area contributed by atoms with Crippen molar-refractivity contribution in [1.82, 2.24) is 5.32 Å². The summed E-state index contributed by atoms with van der Waals surface area (Å²) in [6, 6.07) is 14.7. The fourth-order valence-electron chi connectivity index (χ4n) is 2.07. The molecule has 0 heterocycles. The summed E-state index contributed by atoms with van der Waals surface area (Å²) >= 11 is 0. The number of nitrogens with one attached hydrogen (secondary N) is 1. The minimum Gasteiger partial charge on any atom is -0.489 e. The molecule has 0 radical (unpaired) electrons. The molecule has 1 amide bonds. The lowest BCUT2D eigenvalue weighted by molar-refractivity contribution is 0.0785. The third-order valence-electron chi connectivity index (χ3n) is 3.38. The van der Waals surface area contributed by atoms with Gasteiger partial charge in [-0.1, -0.05) is 24.3 Å². The van der Waals surface area contributed by atoms with Gasteiger partial charge in [-0.2, -0.15) is 0 Å². The van der Waals surface area contributed by atoms with E-state index in [1.807, 2.05) is 42.5 Å². The number of carbonyl (C=O) groups excluding carboxylic acids is 1. The summed E-state index contributed by atoms with van der Waals surface area (Å²) in [7, 11) is 1.61. The van der Waals surface area contributed by atoms with E-state index in [1.165, 1.54) is 0 Å². The van der Waals surface area contributed by atoms with Crippen LogP contribution in [0.5, 0.6) is 5.75 Å². The molecule has 116 valence electrons. The van der Waals surface area contributed by atoms with Crippen molar-refractivity contribution in [2.45, 2.75) is 26.1 Å². The van der Waals surface area contributed by atoms with E-state index in [2.05, 4.69) is 5.32 Å². The highest BCUT2D eigenvalue weighted by molar-refractivity contribution is 5.94. The lowest BCUT2D eigenvalue weighted by Gasteiger charge is -2.18. The molecule has 0 aliphatic rings. The third kappa shape index (κ3) is 4.09. The van der Waals surface area contributed by atoms with E-state index in [1.54, 1.807) is 27.0 Å². The Morgan fingerprint density at radius 2 is 1.86 bits per heavy atom. The highest BCUT2D eigenvalue weighted by Gasteiger charge is 2.15. The first-order valence-corrected chi connectivity index (χ1v) is 7.17. The van der Waals surface area contributed by atoms with Crippen molar-refractivity contribution >= 4 is 5.91 Å². The van der Waals surface area contributed by atoms with Gasteiger partial charge in [0.25, 0.3) is 5.91 Å². The van der Waals surface area contributed by atoms with Crippen molar-refractivity contribution < 1.29 is 14.6 Å². The molecule has 4 nitrogen and oxygen atoms in total. The summed E-state index contributed by atoms with van der Waals surface area (Å²) in [6.07, 6.45) is 0. The van der Waals surface area contributed by atoms with Crippen LogP contribution in [0.1, 0.15) is 35.3 Å². The maximum absolute atomic E-state index is 11.6. The number of hydrogen-bond acceptors (Lipinski definition) is 3. The number of carbonyl (C=O) groups is 1. The average molecular weight is 299 g/mol. The lowest BCUT2D eigenvalue weighted by atomic mass is 9.99. The number of aliphatic hydroxyl groups is 1. The monoisotopic (exact) mass is 299 g/mol. The first-order valence-electron chi connectivity index (χ1n) is 7.17. The minimum absolute atomic E-state index is 0.114. The summed E-state index contributed by atoms with van der Waals surface area (Å²) < 4.78 is 5.71. The fraction of sp³-hybridized carbons (Fsp3) is 0.278. The molecule has 2 aromatic carbocycles. The lowest BCUT2D eigenvalue weighted by Crippen LogP contribution is -2.17. The van der Waals surface area contributed by atoms with Crippen LogP contribution in [0.3, 0.4) is 0 Å². The van der Waals surface area contributed by atoms with E-state index in [4.69, 9.17) is 4.74 Å². The zero-order chi connectivity index (χ0) is 16.2. The Morgan fingerprint density at radius 3 is 2.45 bits per heavy atom. The number of rotatable bonds is 5. The molecule has 2 N–H and O–H groups in total. The molecule has 4 heteroatoms. The van der Waals surface area contributed by atoms with Crippen LogP contribution in [0, 0.1) is 0 Å². The molecule has 0 bridgehead atoms. The number of hydrogen-bond donors (Lipinski definition) is 2. The Kier molecular flexibility index (Phi) is 4.83. The molecule has 0 unspecified atom stereocenters. The summed E-state index contributed by atoms with van der Waals surface area (Å²) in [5, 5.41) is 12.5. The predicted octanol–water partition coefficient (Wildman–Crippen LogP) is 2.85. The quantitative estimate of drug-likeness (QED) is 0.892. The molecular formula is C18H21NO3. The number of amides is 1. The average Bonchev–Trinajstić information content (AvgIpc) is 2.52. The summed E-state index contributed by atoms with van der Waals surface area (Å²) in [5.74, 6) is 0.606. The maximum Gasteiger partial charge on any atom is 0.251 e. The second-order valence-electron chi connectivity index (χ2n) is 5.65. The molecule has 0 spiro atoms. The van der Waals surface area contributed by atoms with Gasteiger partial charge in [-0.3, -0.25) is 4.79 Å². The summed E-state index contributed by atoms with van der Waals surface area (Å²) in [6.45, 7) is 3.87. The van der Waals surface area contributed by atoms with Gasteiger partial charge >= 0.3 is 0 Å². The van der Waals surface area contributed by atoms with Crippen molar-refractivity contribution in [3.8, 4) is 5.75 Å². The Labute approximate surface area is 130 Å². The van der Waals surface area contributed by atoms with Gasteiger partial charge in [0.1, 0.15) is 12.4 Å². The van der Waals surface area contributed by atoms with Crippen molar-refractivity contribution in [1.29, 1.82) is 0 Å². The summed E-state index contributed by atoms with van der Waals surface area (Å²) in [4.78, 5) is 11.6. The highest BCUT2D eigenvalue weighted by Crippen LogP contribution is 2.22. The van der Waals surface area contributed by atoms with Crippen LogP contribution < -0.4 is 10.1 Å². The van der Waals surface area contributed by atoms with E-state index in [0.29, 0.717) is 12.2 Å². The van der Waals surface area contributed by atoms with Crippen LogP contribution in [-0.4, -0.2) is 18.1 Å². The van der Waals surface area contributed by atoms with Gasteiger partial charge in [-0.25, -0.2) is 0 Å². The van der Waals surface area contributed by atoms with Gasteiger partial charge in [-0.15, -0.1) is 0 Å². The van der Waals surface area contributed by atoms with Crippen LogP contribution >= 0.6 is 0 Å². The second-order valence-corrected chi connectivity index (χ2v) is 5.65. The molecule has 0 saturated carbocycles. The van der Waals surface area contributed by atoms with Gasteiger partial charge in [0.05, 0.1) is 5.60 Å². The van der Waals surface area contributed by atoms with E-state index < -0.39 is 5.60 Å². The molecular weight excluding hydrogens is 278 g/mol. The van der Waals surface area contributed by atoms with Crippen LogP contribution in [0.4, 0.5) is 0 Å². The molecule has 0 aliphatic heterocycles. The maximum atomic E-state index is 11.6.